The molecule has 0 saturated heterocycles. The molecule has 0 saturated carbocycles. The van der Waals surface area contributed by atoms with Crippen molar-refractivity contribution < 1.29 is 9.53 Å². The van der Waals surface area contributed by atoms with Crippen LogP contribution in [0, 0.1) is 5.92 Å². The molecule has 162 valence electrons. The Labute approximate surface area is 183 Å². The van der Waals surface area contributed by atoms with E-state index in [9.17, 15) is 9.59 Å². The number of rotatable bonds is 10. The van der Waals surface area contributed by atoms with E-state index in [-0.39, 0.29) is 17.3 Å². The molecule has 5 nitrogen and oxygen atoms in total. The molecule has 31 heavy (non-hydrogen) atoms. The zero-order valence-corrected chi connectivity index (χ0v) is 18.5. The van der Waals surface area contributed by atoms with E-state index in [0.717, 1.165) is 42.0 Å². The van der Waals surface area contributed by atoms with Crippen molar-refractivity contribution in [2.24, 2.45) is 5.92 Å². The SMILES string of the molecule is CCCc1nc(-c2ccccc2)cc(=O)n1CCOc1ccc(CC(C)C(C)=O)cc1. The van der Waals surface area contributed by atoms with E-state index < -0.39 is 0 Å². The van der Waals surface area contributed by atoms with E-state index in [4.69, 9.17) is 9.72 Å². The highest BCUT2D eigenvalue weighted by molar-refractivity contribution is 5.78. The molecule has 0 aliphatic heterocycles. The van der Waals surface area contributed by atoms with Crippen LogP contribution in [0.25, 0.3) is 11.3 Å². The van der Waals surface area contributed by atoms with Crippen LogP contribution in [0.4, 0.5) is 0 Å². The van der Waals surface area contributed by atoms with Gasteiger partial charge in [0.15, 0.2) is 0 Å². The van der Waals surface area contributed by atoms with Crippen LogP contribution >= 0.6 is 0 Å². The van der Waals surface area contributed by atoms with Gasteiger partial charge in [0, 0.05) is 24.0 Å². The molecule has 3 rings (SSSR count). The normalized spacial score (nSPS) is 11.8. The van der Waals surface area contributed by atoms with Gasteiger partial charge in [-0.25, -0.2) is 4.98 Å². The van der Waals surface area contributed by atoms with Crippen molar-refractivity contribution >= 4 is 5.78 Å². The number of ketones is 1. The van der Waals surface area contributed by atoms with Crippen molar-refractivity contribution in [1.29, 1.82) is 0 Å². The average molecular weight is 419 g/mol. The molecule has 1 atom stereocenters. The van der Waals surface area contributed by atoms with Crippen molar-refractivity contribution in [1.82, 2.24) is 9.55 Å². The van der Waals surface area contributed by atoms with Crippen LogP contribution in [-0.2, 0) is 24.2 Å². The van der Waals surface area contributed by atoms with Gasteiger partial charge in [0.05, 0.1) is 12.2 Å². The van der Waals surface area contributed by atoms with E-state index in [1.807, 2.05) is 61.5 Å². The molecule has 0 N–H and O–H groups in total. The molecule has 0 radical (unpaired) electrons. The molecule has 0 aliphatic rings. The minimum absolute atomic E-state index is 0.0157. The fourth-order valence-corrected chi connectivity index (χ4v) is 3.44. The Bertz CT molecular complexity index is 1060. The van der Waals surface area contributed by atoms with Gasteiger partial charge in [-0.15, -0.1) is 0 Å². The Morgan fingerprint density at radius 1 is 1.10 bits per heavy atom. The molecule has 5 heteroatoms. The summed E-state index contributed by atoms with van der Waals surface area (Å²) in [6, 6.07) is 19.2. The molecule has 1 heterocycles. The minimum Gasteiger partial charge on any atom is -0.492 e. The lowest BCUT2D eigenvalue weighted by atomic mass is 9.98. The van der Waals surface area contributed by atoms with Crippen molar-refractivity contribution in [3.05, 3.63) is 82.4 Å². The van der Waals surface area contributed by atoms with Gasteiger partial charge in [-0.05, 0) is 37.5 Å². The van der Waals surface area contributed by atoms with Crippen molar-refractivity contribution in [3.63, 3.8) is 0 Å². The van der Waals surface area contributed by atoms with Gasteiger partial charge in [0.25, 0.3) is 5.56 Å². The first kappa shape index (κ1) is 22.5. The number of carbonyl (C=O) groups is 1. The Balaban J connectivity index is 1.67. The molecular formula is C26H30N2O3. The van der Waals surface area contributed by atoms with Crippen LogP contribution in [0.3, 0.4) is 0 Å². The van der Waals surface area contributed by atoms with Gasteiger partial charge < -0.3 is 4.74 Å². The molecule has 0 amide bonds. The first-order valence-electron chi connectivity index (χ1n) is 10.9. The third-order valence-electron chi connectivity index (χ3n) is 5.37. The monoisotopic (exact) mass is 418 g/mol. The summed E-state index contributed by atoms with van der Waals surface area (Å²) < 4.78 is 7.57. The Morgan fingerprint density at radius 2 is 1.81 bits per heavy atom. The number of aryl methyl sites for hydroxylation is 1. The van der Waals surface area contributed by atoms with Gasteiger partial charge in [0.2, 0.25) is 0 Å². The summed E-state index contributed by atoms with van der Waals surface area (Å²) in [5, 5.41) is 0. The van der Waals surface area contributed by atoms with Gasteiger partial charge in [0.1, 0.15) is 24.0 Å². The van der Waals surface area contributed by atoms with Crippen molar-refractivity contribution in [2.75, 3.05) is 6.61 Å². The van der Waals surface area contributed by atoms with Crippen LogP contribution in [0.15, 0.2) is 65.5 Å². The van der Waals surface area contributed by atoms with Gasteiger partial charge in [-0.1, -0.05) is 56.3 Å². The molecule has 0 bridgehead atoms. The quantitative estimate of drug-likeness (QED) is 0.478. The van der Waals surface area contributed by atoms with E-state index >= 15 is 0 Å². The first-order chi connectivity index (χ1) is 15.0. The number of hydrogen-bond donors (Lipinski definition) is 0. The van der Waals surface area contributed by atoms with Crippen LogP contribution < -0.4 is 10.3 Å². The van der Waals surface area contributed by atoms with E-state index in [0.29, 0.717) is 18.8 Å². The minimum atomic E-state index is -0.0607. The molecule has 1 unspecified atom stereocenters. The second kappa shape index (κ2) is 10.7. The van der Waals surface area contributed by atoms with Gasteiger partial charge >= 0.3 is 0 Å². The maximum atomic E-state index is 12.8. The van der Waals surface area contributed by atoms with Crippen LogP contribution in [0.5, 0.6) is 5.75 Å². The first-order valence-corrected chi connectivity index (χ1v) is 10.9. The smallest absolute Gasteiger partial charge is 0.254 e. The maximum absolute atomic E-state index is 12.8. The lowest BCUT2D eigenvalue weighted by Gasteiger charge is -2.14. The average Bonchev–Trinajstić information content (AvgIpc) is 2.77. The number of hydrogen-bond acceptors (Lipinski definition) is 4. The lowest BCUT2D eigenvalue weighted by molar-refractivity contribution is -0.120. The van der Waals surface area contributed by atoms with Crippen molar-refractivity contribution in [2.45, 2.75) is 46.6 Å². The Kier molecular flexibility index (Phi) is 7.76. The fraction of sp³-hybridized carbons (Fsp3) is 0.346. The van der Waals surface area contributed by atoms with Gasteiger partial charge in [-0.2, -0.15) is 0 Å². The lowest BCUT2D eigenvalue weighted by Crippen LogP contribution is -2.27. The second-order valence-corrected chi connectivity index (χ2v) is 7.87. The summed E-state index contributed by atoms with van der Waals surface area (Å²) in [6.45, 7) is 6.47. The number of carbonyl (C=O) groups excluding carboxylic acids is 1. The largest absolute Gasteiger partial charge is 0.492 e. The van der Waals surface area contributed by atoms with Gasteiger partial charge in [-0.3, -0.25) is 14.2 Å². The predicted octanol–water partition coefficient (Wildman–Crippen LogP) is 4.71. The topological polar surface area (TPSA) is 61.2 Å². The Hall–Kier alpha value is -3.21. The third-order valence-corrected chi connectivity index (χ3v) is 5.37. The highest BCUT2D eigenvalue weighted by Crippen LogP contribution is 2.17. The fourth-order valence-electron chi connectivity index (χ4n) is 3.44. The van der Waals surface area contributed by atoms with E-state index in [2.05, 4.69) is 6.92 Å². The zero-order chi connectivity index (χ0) is 22.2. The summed E-state index contributed by atoms with van der Waals surface area (Å²) in [4.78, 5) is 29.0. The molecule has 0 spiro atoms. The maximum Gasteiger partial charge on any atom is 0.254 e. The van der Waals surface area contributed by atoms with Crippen molar-refractivity contribution in [3.8, 4) is 17.0 Å². The number of ether oxygens (including phenoxy) is 1. The highest BCUT2D eigenvalue weighted by atomic mass is 16.5. The summed E-state index contributed by atoms with van der Waals surface area (Å²) in [6.07, 6.45) is 2.37. The summed E-state index contributed by atoms with van der Waals surface area (Å²) in [5.41, 5.74) is 2.70. The van der Waals surface area contributed by atoms with E-state index in [1.165, 1.54) is 0 Å². The van der Waals surface area contributed by atoms with Crippen LogP contribution in [-0.4, -0.2) is 21.9 Å². The van der Waals surface area contributed by atoms with E-state index in [1.54, 1.807) is 17.6 Å². The molecule has 0 aliphatic carbocycles. The summed E-state index contributed by atoms with van der Waals surface area (Å²) in [7, 11) is 0. The summed E-state index contributed by atoms with van der Waals surface area (Å²) in [5.74, 6) is 1.74. The number of nitrogens with zero attached hydrogens (tertiary/aromatic N) is 2. The standard InChI is InChI=1S/C26H30N2O3/c1-4-8-25-27-24(22-9-6-5-7-10-22)18-26(30)28(25)15-16-31-23-13-11-21(12-14-23)17-19(2)20(3)29/h5-7,9-14,18-19H,4,8,15-17H2,1-3H3. The second-order valence-electron chi connectivity index (χ2n) is 7.87. The number of benzene rings is 2. The molecule has 0 fully saturated rings. The molecule has 1 aromatic heterocycles. The third kappa shape index (κ3) is 6.14. The molecule has 3 aromatic rings. The Morgan fingerprint density at radius 3 is 2.45 bits per heavy atom. The number of Topliss-reactive ketones (excluding diaryl/α,β-unsaturated/α-hetero) is 1. The van der Waals surface area contributed by atoms with Crippen LogP contribution in [0.1, 0.15) is 38.6 Å². The van der Waals surface area contributed by atoms with Crippen LogP contribution in [0.2, 0.25) is 0 Å². The summed E-state index contributed by atoms with van der Waals surface area (Å²) >= 11 is 0. The molecule has 2 aromatic carbocycles. The predicted molar refractivity (Wildman–Crippen MR) is 123 cm³/mol. The number of aromatic nitrogens is 2. The zero-order valence-electron chi connectivity index (χ0n) is 18.5. The highest BCUT2D eigenvalue weighted by Gasteiger charge is 2.11. The molecular weight excluding hydrogens is 388 g/mol.